The molecule has 3 N–H and O–H groups in total. The summed E-state index contributed by atoms with van der Waals surface area (Å²) in [5.41, 5.74) is 1.56. The fourth-order valence-corrected chi connectivity index (χ4v) is 5.80. The highest BCUT2D eigenvalue weighted by atomic mass is 16.6. The summed E-state index contributed by atoms with van der Waals surface area (Å²) in [5.74, 6) is -0.385. The van der Waals surface area contributed by atoms with Crippen LogP contribution in [-0.4, -0.2) is 72.1 Å². The number of carbonyl (C=O) groups is 3. The van der Waals surface area contributed by atoms with Crippen molar-refractivity contribution < 1.29 is 29.0 Å². The van der Waals surface area contributed by atoms with E-state index in [-0.39, 0.29) is 38.3 Å². The second-order valence-corrected chi connectivity index (χ2v) is 11.5. The first-order chi connectivity index (χ1) is 21.5. The molecular weight excluding hydrogens is 560 g/mol. The summed E-state index contributed by atoms with van der Waals surface area (Å²) in [6, 6.07) is 17.5. The number of rotatable bonds is 13. The number of aliphatic imine (C=N–C) groups is 1. The van der Waals surface area contributed by atoms with Crippen molar-refractivity contribution in [3.05, 3.63) is 71.8 Å². The van der Waals surface area contributed by atoms with Gasteiger partial charge in [0.2, 0.25) is 0 Å². The molecule has 0 bridgehead atoms. The first-order valence-corrected chi connectivity index (χ1v) is 15.9. The predicted molar refractivity (Wildman–Crippen MR) is 168 cm³/mol. The molecule has 0 aromatic heterocycles. The van der Waals surface area contributed by atoms with Gasteiger partial charge in [-0.25, -0.2) is 9.69 Å². The lowest BCUT2D eigenvalue weighted by Gasteiger charge is -2.33. The van der Waals surface area contributed by atoms with Crippen molar-refractivity contribution in [1.82, 2.24) is 15.5 Å². The molecule has 44 heavy (non-hydrogen) atoms. The third-order valence-corrected chi connectivity index (χ3v) is 8.16. The second-order valence-electron chi connectivity index (χ2n) is 11.5. The number of esters is 1. The molecule has 1 aliphatic heterocycles. The minimum absolute atomic E-state index is 0.0236. The molecule has 10 nitrogen and oxygen atoms in total. The molecule has 0 spiro atoms. The van der Waals surface area contributed by atoms with Gasteiger partial charge in [0.25, 0.3) is 5.91 Å². The van der Waals surface area contributed by atoms with Crippen LogP contribution in [-0.2, 0) is 32.3 Å². The van der Waals surface area contributed by atoms with Crippen molar-refractivity contribution in [3.63, 3.8) is 0 Å². The van der Waals surface area contributed by atoms with Gasteiger partial charge in [0, 0.05) is 0 Å². The third kappa shape index (κ3) is 10.7. The average Bonchev–Trinajstić information content (AvgIpc) is 3.08. The molecule has 0 unspecified atom stereocenters. The number of aliphatic hydroxyl groups is 1. The zero-order chi connectivity index (χ0) is 31.0. The quantitative estimate of drug-likeness (QED) is 0.174. The molecule has 0 radical (unpaired) electrons. The molecule has 10 heteroatoms. The summed E-state index contributed by atoms with van der Waals surface area (Å²) in [4.78, 5) is 46.3. The highest BCUT2D eigenvalue weighted by Crippen LogP contribution is 2.28. The molecule has 1 heterocycles. The zero-order valence-electron chi connectivity index (χ0n) is 25.5. The zero-order valence-corrected chi connectivity index (χ0v) is 25.5. The standard InChI is InChI=1S/C34H46N4O6/c39-21-20-36-32(29-18-10-11-19-35-29)37-30(22-26-12-4-1-5-13-26)33(41)38(34(42)44-25-28-16-8-3-9-17-28)23-31(40)43-24-27-14-6-2-7-15-27/h2-3,6-9,14-17,26,29-30,35,39H,1,4-5,10-13,18-25H2,(H,36,37)/t29-,30+/m0/s1. The number of amides is 2. The van der Waals surface area contributed by atoms with E-state index in [0.717, 1.165) is 67.5 Å². The topological polar surface area (TPSA) is 130 Å². The highest BCUT2D eigenvalue weighted by Gasteiger charge is 2.35. The Balaban J connectivity index is 1.55. The number of nitrogens with zero attached hydrogens (tertiary/aromatic N) is 2. The highest BCUT2D eigenvalue weighted by molar-refractivity contribution is 6.00. The molecule has 2 aromatic rings. The second kappa shape index (κ2) is 18.1. The minimum Gasteiger partial charge on any atom is -0.459 e. The van der Waals surface area contributed by atoms with Crippen LogP contribution < -0.4 is 10.6 Å². The van der Waals surface area contributed by atoms with Crippen molar-refractivity contribution in [2.75, 3.05) is 26.2 Å². The molecule has 1 aliphatic carbocycles. The van der Waals surface area contributed by atoms with Gasteiger partial charge < -0.3 is 25.2 Å². The molecule has 2 aliphatic rings. The predicted octanol–water partition coefficient (Wildman–Crippen LogP) is 4.36. The van der Waals surface area contributed by atoms with Crippen LogP contribution in [0.15, 0.2) is 65.7 Å². The summed E-state index contributed by atoms with van der Waals surface area (Å²) in [6.45, 7) is 0.307. The van der Waals surface area contributed by atoms with Crippen LogP contribution in [0.2, 0.25) is 0 Å². The number of nitrogens with one attached hydrogen (secondary N) is 2. The normalized spacial score (nSPS) is 18.2. The molecule has 1 saturated carbocycles. The molecule has 4 rings (SSSR count). The lowest BCUT2D eigenvalue weighted by atomic mass is 9.84. The van der Waals surface area contributed by atoms with E-state index < -0.39 is 30.6 Å². The monoisotopic (exact) mass is 606 g/mol. The molecule has 2 atom stereocenters. The van der Waals surface area contributed by atoms with Crippen molar-refractivity contribution in [3.8, 4) is 0 Å². The Morgan fingerprint density at radius 1 is 0.886 bits per heavy atom. The van der Waals surface area contributed by atoms with E-state index in [1.54, 1.807) is 0 Å². The minimum atomic E-state index is -0.907. The number of aliphatic hydroxyl groups excluding tert-OH is 1. The van der Waals surface area contributed by atoms with Crippen LogP contribution >= 0.6 is 0 Å². The maximum Gasteiger partial charge on any atom is 0.417 e. The molecule has 2 aromatic carbocycles. The van der Waals surface area contributed by atoms with Gasteiger partial charge in [0.05, 0.1) is 19.2 Å². The number of hydrogen-bond acceptors (Lipinski definition) is 8. The van der Waals surface area contributed by atoms with E-state index in [2.05, 4.69) is 15.6 Å². The first-order valence-electron chi connectivity index (χ1n) is 15.9. The van der Waals surface area contributed by atoms with Crippen LogP contribution in [0.4, 0.5) is 4.79 Å². The van der Waals surface area contributed by atoms with Gasteiger partial charge in [-0.05, 0) is 42.9 Å². The number of imide groups is 1. The third-order valence-electron chi connectivity index (χ3n) is 8.16. The van der Waals surface area contributed by atoms with Crippen molar-refractivity contribution in [1.29, 1.82) is 0 Å². The van der Waals surface area contributed by atoms with E-state index in [0.29, 0.717) is 12.3 Å². The first kappa shape index (κ1) is 33.1. The Bertz CT molecular complexity index is 1200. The average molecular weight is 607 g/mol. The summed E-state index contributed by atoms with van der Waals surface area (Å²) < 4.78 is 11.0. The maximum absolute atomic E-state index is 14.3. The Morgan fingerprint density at radius 3 is 2.14 bits per heavy atom. The Kier molecular flexibility index (Phi) is 13.7. The van der Waals surface area contributed by atoms with Gasteiger partial charge in [0.1, 0.15) is 31.6 Å². The van der Waals surface area contributed by atoms with Crippen molar-refractivity contribution in [2.24, 2.45) is 10.9 Å². The lowest BCUT2D eigenvalue weighted by molar-refractivity contribution is -0.150. The SMILES string of the molecule is O=C(CN(C(=O)OCc1ccccc1)C(=O)[C@@H](CC1CCCCC1)NC(=NCCO)[C@@H]1CCCCN1)OCc1ccccc1. The number of benzene rings is 2. The van der Waals surface area contributed by atoms with E-state index in [4.69, 9.17) is 9.47 Å². The molecule has 1 saturated heterocycles. The molecule has 2 fully saturated rings. The van der Waals surface area contributed by atoms with Crippen LogP contribution in [0.3, 0.4) is 0 Å². The molecule has 2 amide bonds. The van der Waals surface area contributed by atoms with Crippen LogP contribution in [0, 0.1) is 5.92 Å². The Labute approximate surface area is 260 Å². The summed E-state index contributed by atoms with van der Waals surface area (Å²) in [6.07, 6.45) is 7.85. The molecular formula is C34H46N4O6. The van der Waals surface area contributed by atoms with Gasteiger partial charge >= 0.3 is 12.1 Å². The van der Waals surface area contributed by atoms with Gasteiger partial charge in [-0.3, -0.25) is 14.6 Å². The van der Waals surface area contributed by atoms with Gasteiger partial charge in [-0.1, -0.05) is 99.2 Å². The van der Waals surface area contributed by atoms with E-state index in [1.807, 2.05) is 60.7 Å². The number of ether oxygens (including phenoxy) is 2. The number of piperidine rings is 1. The number of amidine groups is 1. The van der Waals surface area contributed by atoms with Gasteiger partial charge in [-0.2, -0.15) is 0 Å². The van der Waals surface area contributed by atoms with E-state index in [1.165, 1.54) is 6.42 Å². The number of hydrogen-bond donors (Lipinski definition) is 3. The van der Waals surface area contributed by atoms with E-state index >= 15 is 0 Å². The fourth-order valence-electron chi connectivity index (χ4n) is 5.80. The van der Waals surface area contributed by atoms with Gasteiger partial charge in [-0.15, -0.1) is 0 Å². The summed E-state index contributed by atoms with van der Waals surface area (Å²) in [5, 5.41) is 16.4. The largest absolute Gasteiger partial charge is 0.459 e. The fraction of sp³-hybridized carbons (Fsp3) is 0.529. The van der Waals surface area contributed by atoms with Crippen molar-refractivity contribution >= 4 is 23.8 Å². The van der Waals surface area contributed by atoms with Gasteiger partial charge in [0.15, 0.2) is 0 Å². The van der Waals surface area contributed by atoms with Crippen LogP contribution in [0.25, 0.3) is 0 Å². The number of carbonyl (C=O) groups excluding carboxylic acids is 3. The summed E-state index contributed by atoms with van der Waals surface area (Å²) >= 11 is 0. The molecule has 238 valence electrons. The van der Waals surface area contributed by atoms with Crippen molar-refractivity contribution in [2.45, 2.75) is 83.1 Å². The lowest BCUT2D eigenvalue weighted by Crippen LogP contribution is -2.56. The summed E-state index contributed by atoms with van der Waals surface area (Å²) in [7, 11) is 0. The Morgan fingerprint density at radius 2 is 1.52 bits per heavy atom. The Hall–Kier alpha value is -3.76. The maximum atomic E-state index is 14.3. The van der Waals surface area contributed by atoms with Crippen LogP contribution in [0.1, 0.15) is 68.9 Å². The van der Waals surface area contributed by atoms with E-state index in [9.17, 15) is 19.5 Å². The smallest absolute Gasteiger partial charge is 0.417 e. The van der Waals surface area contributed by atoms with Crippen LogP contribution in [0.5, 0.6) is 0 Å².